The Kier molecular flexibility index (Phi) is 6.50. The van der Waals surface area contributed by atoms with Crippen LogP contribution in [-0.2, 0) is 13.1 Å². The molecule has 164 valence electrons. The van der Waals surface area contributed by atoms with E-state index in [0.29, 0.717) is 18.7 Å². The van der Waals surface area contributed by atoms with Crippen LogP contribution in [0.4, 0.5) is 0 Å². The Morgan fingerprint density at radius 3 is 2.50 bits per heavy atom. The first-order valence-corrected chi connectivity index (χ1v) is 10.8. The third-order valence-electron chi connectivity index (χ3n) is 5.38. The summed E-state index contributed by atoms with van der Waals surface area (Å²) in [5.74, 6) is 1.72. The maximum absolute atomic E-state index is 12.8. The maximum atomic E-state index is 12.8. The van der Waals surface area contributed by atoms with E-state index in [0.717, 1.165) is 35.6 Å². The van der Waals surface area contributed by atoms with Gasteiger partial charge in [-0.1, -0.05) is 18.2 Å². The molecule has 2 aromatic heterocycles. The van der Waals surface area contributed by atoms with Gasteiger partial charge in [0.15, 0.2) is 0 Å². The number of carbonyl (C=O) groups is 1. The van der Waals surface area contributed by atoms with Crippen LogP contribution in [0.2, 0.25) is 0 Å². The van der Waals surface area contributed by atoms with Crippen molar-refractivity contribution in [3.8, 4) is 5.75 Å². The van der Waals surface area contributed by atoms with Crippen LogP contribution in [0.25, 0.3) is 11.0 Å². The zero-order chi connectivity index (χ0) is 22.5. The van der Waals surface area contributed by atoms with Gasteiger partial charge in [0, 0.05) is 31.5 Å². The SMILES string of the molecule is Cc1cc(C)cc(OCCCn2c(CN(C)C(=O)c3ccncc3)nc3ccccc32)c1. The van der Waals surface area contributed by atoms with Crippen molar-refractivity contribution in [3.63, 3.8) is 0 Å². The molecule has 0 spiro atoms. The Labute approximate surface area is 188 Å². The monoisotopic (exact) mass is 428 g/mol. The molecule has 0 fully saturated rings. The van der Waals surface area contributed by atoms with E-state index in [1.54, 1.807) is 36.5 Å². The van der Waals surface area contributed by atoms with Gasteiger partial charge in [0.2, 0.25) is 0 Å². The molecule has 6 nitrogen and oxygen atoms in total. The summed E-state index contributed by atoms with van der Waals surface area (Å²) in [7, 11) is 1.80. The fraction of sp³-hybridized carbons (Fsp3) is 0.269. The lowest BCUT2D eigenvalue weighted by atomic mass is 10.1. The number of benzene rings is 2. The average Bonchev–Trinajstić information content (AvgIpc) is 3.13. The molecular weight excluding hydrogens is 400 g/mol. The molecule has 0 aliphatic rings. The highest BCUT2D eigenvalue weighted by atomic mass is 16.5. The van der Waals surface area contributed by atoms with Crippen LogP contribution in [-0.4, -0.2) is 39.0 Å². The number of ether oxygens (including phenoxy) is 1. The fourth-order valence-corrected chi connectivity index (χ4v) is 3.92. The molecule has 32 heavy (non-hydrogen) atoms. The van der Waals surface area contributed by atoms with Gasteiger partial charge in [-0.2, -0.15) is 0 Å². The molecule has 2 heterocycles. The highest BCUT2D eigenvalue weighted by molar-refractivity contribution is 5.93. The van der Waals surface area contributed by atoms with Crippen molar-refractivity contribution in [3.05, 3.63) is 89.5 Å². The third kappa shape index (κ3) is 4.97. The molecule has 6 heteroatoms. The van der Waals surface area contributed by atoms with Crippen LogP contribution < -0.4 is 4.74 Å². The molecule has 0 saturated carbocycles. The Hall–Kier alpha value is -3.67. The van der Waals surface area contributed by atoms with Crippen molar-refractivity contribution >= 4 is 16.9 Å². The summed E-state index contributed by atoms with van der Waals surface area (Å²) in [5.41, 5.74) is 5.02. The molecule has 0 unspecified atom stereocenters. The molecule has 4 rings (SSSR count). The van der Waals surface area contributed by atoms with Gasteiger partial charge in [-0.15, -0.1) is 0 Å². The molecule has 4 aromatic rings. The minimum atomic E-state index is -0.0517. The van der Waals surface area contributed by atoms with Crippen LogP contribution >= 0.6 is 0 Å². The van der Waals surface area contributed by atoms with E-state index in [4.69, 9.17) is 9.72 Å². The van der Waals surface area contributed by atoms with E-state index in [2.05, 4.69) is 47.7 Å². The number of aryl methyl sites for hydroxylation is 3. The van der Waals surface area contributed by atoms with Crippen molar-refractivity contribution in [1.29, 1.82) is 0 Å². The minimum absolute atomic E-state index is 0.0517. The standard InChI is InChI=1S/C26H28N4O2/c1-19-15-20(2)17-22(16-19)32-14-6-13-30-24-8-5-4-7-23(24)28-25(30)18-29(3)26(31)21-9-11-27-12-10-21/h4-5,7-12,15-17H,6,13-14,18H2,1-3H3. The number of amides is 1. The van der Waals surface area contributed by atoms with Gasteiger partial charge in [-0.3, -0.25) is 9.78 Å². The summed E-state index contributed by atoms with van der Waals surface area (Å²) in [4.78, 5) is 23.3. The van der Waals surface area contributed by atoms with Crippen molar-refractivity contribution in [1.82, 2.24) is 19.4 Å². The van der Waals surface area contributed by atoms with E-state index >= 15 is 0 Å². The second-order valence-electron chi connectivity index (χ2n) is 8.09. The predicted octanol–water partition coefficient (Wildman–Crippen LogP) is 4.79. The third-order valence-corrected chi connectivity index (χ3v) is 5.38. The molecule has 0 saturated heterocycles. The van der Waals surface area contributed by atoms with Crippen LogP contribution in [0.1, 0.15) is 33.7 Å². The number of nitrogens with zero attached hydrogens (tertiary/aromatic N) is 4. The van der Waals surface area contributed by atoms with Crippen molar-refractivity contribution in [2.24, 2.45) is 0 Å². The number of fused-ring (bicyclic) bond motifs is 1. The van der Waals surface area contributed by atoms with Gasteiger partial charge in [0.25, 0.3) is 5.91 Å². The van der Waals surface area contributed by atoms with Gasteiger partial charge in [0.1, 0.15) is 11.6 Å². The van der Waals surface area contributed by atoms with Gasteiger partial charge in [-0.25, -0.2) is 4.98 Å². The highest BCUT2D eigenvalue weighted by Crippen LogP contribution is 2.20. The summed E-state index contributed by atoms with van der Waals surface area (Å²) >= 11 is 0. The topological polar surface area (TPSA) is 60.2 Å². The summed E-state index contributed by atoms with van der Waals surface area (Å²) < 4.78 is 8.18. The molecule has 2 aromatic carbocycles. The second-order valence-corrected chi connectivity index (χ2v) is 8.09. The Balaban J connectivity index is 1.47. The first-order chi connectivity index (χ1) is 15.5. The molecule has 0 aliphatic heterocycles. The average molecular weight is 429 g/mol. The zero-order valence-corrected chi connectivity index (χ0v) is 18.8. The van der Waals surface area contributed by atoms with Crippen LogP contribution in [0, 0.1) is 13.8 Å². The smallest absolute Gasteiger partial charge is 0.254 e. The molecule has 0 atom stereocenters. The first kappa shape index (κ1) is 21.6. The lowest BCUT2D eigenvalue weighted by Gasteiger charge is -2.18. The van der Waals surface area contributed by atoms with Crippen LogP contribution in [0.5, 0.6) is 5.75 Å². The lowest BCUT2D eigenvalue weighted by molar-refractivity contribution is 0.0780. The molecule has 0 N–H and O–H groups in total. The van der Waals surface area contributed by atoms with Gasteiger partial charge in [-0.05, 0) is 67.8 Å². The minimum Gasteiger partial charge on any atom is -0.494 e. The van der Waals surface area contributed by atoms with E-state index in [9.17, 15) is 4.79 Å². The zero-order valence-electron chi connectivity index (χ0n) is 18.8. The lowest BCUT2D eigenvalue weighted by Crippen LogP contribution is -2.28. The number of carbonyl (C=O) groups excluding carboxylic acids is 1. The van der Waals surface area contributed by atoms with Crippen LogP contribution in [0.15, 0.2) is 67.0 Å². The van der Waals surface area contributed by atoms with Crippen LogP contribution in [0.3, 0.4) is 0 Å². The van der Waals surface area contributed by atoms with Crippen molar-refractivity contribution < 1.29 is 9.53 Å². The van der Waals surface area contributed by atoms with Crippen molar-refractivity contribution in [2.45, 2.75) is 33.4 Å². The summed E-state index contributed by atoms with van der Waals surface area (Å²) in [5, 5.41) is 0. The maximum Gasteiger partial charge on any atom is 0.254 e. The van der Waals surface area contributed by atoms with E-state index in [-0.39, 0.29) is 5.91 Å². The van der Waals surface area contributed by atoms with Crippen molar-refractivity contribution in [2.75, 3.05) is 13.7 Å². The van der Waals surface area contributed by atoms with Gasteiger partial charge in [0.05, 0.1) is 24.2 Å². The molecular formula is C26H28N4O2. The van der Waals surface area contributed by atoms with Gasteiger partial charge < -0.3 is 14.2 Å². The van der Waals surface area contributed by atoms with E-state index in [1.165, 1.54) is 11.1 Å². The number of hydrogen-bond donors (Lipinski definition) is 0. The number of imidazole rings is 1. The Morgan fingerprint density at radius 1 is 1.03 bits per heavy atom. The predicted molar refractivity (Wildman–Crippen MR) is 126 cm³/mol. The first-order valence-electron chi connectivity index (χ1n) is 10.8. The number of rotatable bonds is 8. The number of para-hydroxylation sites is 2. The molecule has 0 radical (unpaired) electrons. The summed E-state index contributed by atoms with van der Waals surface area (Å²) in [6.07, 6.45) is 4.10. The normalized spacial score (nSPS) is 11.0. The van der Waals surface area contributed by atoms with E-state index in [1.807, 2.05) is 18.2 Å². The largest absolute Gasteiger partial charge is 0.494 e. The summed E-state index contributed by atoms with van der Waals surface area (Å²) in [6, 6.07) is 17.8. The molecule has 0 bridgehead atoms. The highest BCUT2D eigenvalue weighted by Gasteiger charge is 2.17. The number of pyridine rings is 1. The van der Waals surface area contributed by atoms with Gasteiger partial charge >= 0.3 is 0 Å². The quantitative estimate of drug-likeness (QED) is 0.379. The number of hydrogen-bond acceptors (Lipinski definition) is 4. The Morgan fingerprint density at radius 2 is 1.75 bits per heavy atom. The molecule has 0 aliphatic carbocycles. The molecule has 1 amide bonds. The van der Waals surface area contributed by atoms with E-state index < -0.39 is 0 Å². The fourth-order valence-electron chi connectivity index (χ4n) is 3.92. The summed E-state index contributed by atoms with van der Waals surface area (Å²) in [6.45, 7) is 5.95. The number of aromatic nitrogens is 3. The second kappa shape index (κ2) is 9.64. The Bertz CT molecular complexity index is 1200.